The maximum Gasteiger partial charge on any atom is 0.277 e. The summed E-state index contributed by atoms with van der Waals surface area (Å²) >= 11 is 7.67. The van der Waals surface area contributed by atoms with Crippen molar-refractivity contribution in [2.45, 2.75) is 19.5 Å². The van der Waals surface area contributed by atoms with E-state index in [0.717, 1.165) is 50.0 Å². The lowest BCUT2D eigenvalue weighted by molar-refractivity contribution is 0.125. The van der Waals surface area contributed by atoms with Gasteiger partial charge in [-0.1, -0.05) is 28.9 Å². The van der Waals surface area contributed by atoms with Crippen LogP contribution in [-0.2, 0) is 13.1 Å². The Bertz CT molecular complexity index is 964. The first-order valence-corrected chi connectivity index (χ1v) is 10.4. The molecule has 8 heteroatoms. The molecule has 1 saturated heterocycles. The van der Waals surface area contributed by atoms with Gasteiger partial charge < -0.3 is 4.90 Å². The summed E-state index contributed by atoms with van der Waals surface area (Å²) in [6.45, 7) is 6.78. The van der Waals surface area contributed by atoms with E-state index in [1.807, 2.05) is 30.3 Å². The van der Waals surface area contributed by atoms with Gasteiger partial charge in [-0.15, -0.1) is 16.4 Å². The van der Waals surface area contributed by atoms with Crippen molar-refractivity contribution in [3.63, 3.8) is 0 Å². The van der Waals surface area contributed by atoms with Gasteiger partial charge in [-0.05, 0) is 30.7 Å². The molecule has 0 amide bonds. The van der Waals surface area contributed by atoms with Crippen molar-refractivity contribution < 1.29 is 0 Å². The lowest BCUT2D eigenvalue weighted by atomic mass is 10.2. The van der Waals surface area contributed by atoms with Crippen molar-refractivity contribution in [2.24, 2.45) is 0 Å². The lowest BCUT2D eigenvalue weighted by Gasteiger charge is -2.34. The number of nitrogens with zero attached hydrogens (tertiary/aromatic N) is 5. The summed E-state index contributed by atoms with van der Waals surface area (Å²) in [6, 6.07) is 11.4. The third-order valence-electron chi connectivity index (χ3n) is 4.95. The summed E-state index contributed by atoms with van der Waals surface area (Å²) in [6.07, 6.45) is 0.896. The Labute approximate surface area is 167 Å². The Morgan fingerprint density at radius 2 is 1.78 bits per heavy atom. The average Bonchev–Trinajstić information content (AvgIpc) is 3.10. The average molecular weight is 404 g/mol. The molecule has 1 aliphatic heterocycles. The van der Waals surface area contributed by atoms with Crippen molar-refractivity contribution in [3.8, 4) is 0 Å². The molecule has 0 unspecified atom stereocenters. The second-order valence-corrected chi connectivity index (χ2v) is 8.61. The highest BCUT2D eigenvalue weighted by Crippen LogP contribution is 2.23. The highest BCUT2D eigenvalue weighted by Gasteiger charge is 2.17. The Hall–Kier alpha value is -1.80. The van der Waals surface area contributed by atoms with E-state index in [9.17, 15) is 4.79 Å². The summed E-state index contributed by atoms with van der Waals surface area (Å²) in [5, 5.41) is 8.85. The molecule has 0 N–H and O–H groups in total. The van der Waals surface area contributed by atoms with Crippen LogP contribution >= 0.6 is 22.9 Å². The number of aromatic nitrogens is 3. The summed E-state index contributed by atoms with van der Waals surface area (Å²) < 4.78 is 2.34. The van der Waals surface area contributed by atoms with Crippen LogP contribution in [0.3, 0.4) is 0 Å². The SMILES string of the molecule is O=c1c2ccccc2nnn1CCCN1CCN(Cc2ccc(Cl)s2)CC1. The Morgan fingerprint density at radius 3 is 2.56 bits per heavy atom. The van der Waals surface area contributed by atoms with Gasteiger partial charge in [0.2, 0.25) is 0 Å². The van der Waals surface area contributed by atoms with Gasteiger partial charge >= 0.3 is 0 Å². The number of hydrogen-bond acceptors (Lipinski definition) is 6. The van der Waals surface area contributed by atoms with E-state index >= 15 is 0 Å². The van der Waals surface area contributed by atoms with Crippen LogP contribution in [0.15, 0.2) is 41.2 Å². The fourth-order valence-corrected chi connectivity index (χ4v) is 4.57. The minimum absolute atomic E-state index is 0.0555. The van der Waals surface area contributed by atoms with Crippen LogP contribution in [0.1, 0.15) is 11.3 Å². The van der Waals surface area contributed by atoms with Crippen molar-refractivity contribution >= 4 is 33.8 Å². The molecule has 0 bridgehead atoms. The van der Waals surface area contributed by atoms with E-state index < -0.39 is 0 Å². The zero-order chi connectivity index (χ0) is 18.6. The predicted molar refractivity (Wildman–Crippen MR) is 109 cm³/mol. The van der Waals surface area contributed by atoms with Gasteiger partial charge in [0.1, 0.15) is 5.52 Å². The largest absolute Gasteiger partial charge is 0.301 e. The van der Waals surface area contributed by atoms with Gasteiger partial charge in [0.05, 0.1) is 9.72 Å². The van der Waals surface area contributed by atoms with Crippen LogP contribution in [0.2, 0.25) is 4.34 Å². The quantitative estimate of drug-likeness (QED) is 0.633. The number of aryl methyl sites for hydroxylation is 1. The van der Waals surface area contributed by atoms with Crippen molar-refractivity contribution in [1.82, 2.24) is 24.8 Å². The molecule has 3 aromatic rings. The van der Waals surface area contributed by atoms with Gasteiger partial charge in [-0.25, -0.2) is 4.68 Å². The number of fused-ring (bicyclic) bond motifs is 1. The maximum atomic E-state index is 12.5. The zero-order valence-electron chi connectivity index (χ0n) is 15.1. The highest BCUT2D eigenvalue weighted by atomic mass is 35.5. The highest BCUT2D eigenvalue weighted by molar-refractivity contribution is 7.16. The van der Waals surface area contributed by atoms with Crippen LogP contribution in [0.5, 0.6) is 0 Å². The number of rotatable bonds is 6. The lowest BCUT2D eigenvalue weighted by Crippen LogP contribution is -2.46. The molecule has 0 spiro atoms. The molecule has 1 fully saturated rings. The molecule has 1 aromatic carbocycles. The monoisotopic (exact) mass is 403 g/mol. The topological polar surface area (TPSA) is 54.3 Å². The number of thiophene rings is 1. The molecular weight excluding hydrogens is 382 g/mol. The fourth-order valence-electron chi connectivity index (χ4n) is 3.44. The molecule has 6 nitrogen and oxygen atoms in total. The summed E-state index contributed by atoms with van der Waals surface area (Å²) in [7, 11) is 0. The Morgan fingerprint density at radius 1 is 1.00 bits per heavy atom. The number of piperazine rings is 1. The van der Waals surface area contributed by atoms with Crippen LogP contribution in [0, 0.1) is 0 Å². The molecule has 1 aliphatic rings. The minimum Gasteiger partial charge on any atom is -0.301 e. The Kier molecular flexibility index (Phi) is 5.83. The molecular formula is C19H22ClN5OS. The second kappa shape index (κ2) is 8.48. The smallest absolute Gasteiger partial charge is 0.277 e. The van der Waals surface area contributed by atoms with Crippen molar-refractivity contribution in [3.05, 3.63) is 56.0 Å². The number of halogens is 1. The van der Waals surface area contributed by atoms with E-state index in [1.54, 1.807) is 11.3 Å². The fraction of sp³-hybridized carbons (Fsp3) is 0.421. The van der Waals surface area contributed by atoms with E-state index in [-0.39, 0.29) is 5.56 Å². The first-order valence-electron chi connectivity index (χ1n) is 9.20. The van der Waals surface area contributed by atoms with Crippen molar-refractivity contribution in [2.75, 3.05) is 32.7 Å². The summed E-state index contributed by atoms with van der Waals surface area (Å²) in [5.74, 6) is 0. The van der Waals surface area contributed by atoms with E-state index in [4.69, 9.17) is 11.6 Å². The van der Waals surface area contributed by atoms with Gasteiger partial charge in [0.15, 0.2) is 0 Å². The molecule has 0 saturated carbocycles. The first-order chi connectivity index (χ1) is 13.2. The minimum atomic E-state index is -0.0555. The normalized spacial score (nSPS) is 16.2. The molecule has 3 heterocycles. The molecule has 2 aromatic heterocycles. The van der Waals surface area contributed by atoms with Gasteiger partial charge in [0, 0.05) is 50.7 Å². The first kappa shape index (κ1) is 18.6. The number of hydrogen-bond donors (Lipinski definition) is 0. The van der Waals surface area contributed by atoms with Crippen LogP contribution in [0.4, 0.5) is 0 Å². The third-order valence-corrected chi connectivity index (χ3v) is 6.16. The van der Waals surface area contributed by atoms with Gasteiger partial charge in [-0.2, -0.15) is 0 Å². The zero-order valence-corrected chi connectivity index (χ0v) is 16.6. The third kappa shape index (κ3) is 4.55. The van der Waals surface area contributed by atoms with E-state index in [2.05, 4.69) is 26.2 Å². The second-order valence-electron chi connectivity index (χ2n) is 6.81. The van der Waals surface area contributed by atoms with E-state index in [0.29, 0.717) is 17.4 Å². The van der Waals surface area contributed by atoms with Gasteiger partial charge in [0.25, 0.3) is 5.56 Å². The standard InChI is InChI=1S/C19H22ClN5OS/c20-18-7-6-15(27-18)14-24-12-10-23(11-13-24)8-3-9-25-19(26)16-4-1-2-5-17(16)21-22-25/h1-2,4-7H,3,8-14H2. The summed E-state index contributed by atoms with van der Waals surface area (Å²) in [4.78, 5) is 18.7. The maximum absolute atomic E-state index is 12.5. The number of benzene rings is 1. The predicted octanol–water partition coefficient (Wildman–Crippen LogP) is 2.71. The van der Waals surface area contributed by atoms with E-state index in [1.165, 1.54) is 9.56 Å². The molecule has 0 atom stereocenters. The van der Waals surface area contributed by atoms with Gasteiger partial charge in [-0.3, -0.25) is 9.69 Å². The molecule has 4 rings (SSSR count). The Balaban J connectivity index is 1.25. The molecule has 0 aliphatic carbocycles. The molecule has 142 valence electrons. The van der Waals surface area contributed by atoms with Crippen molar-refractivity contribution in [1.29, 1.82) is 0 Å². The molecule has 0 radical (unpaired) electrons. The van der Waals surface area contributed by atoms with Crippen LogP contribution < -0.4 is 5.56 Å². The summed E-state index contributed by atoms with van der Waals surface area (Å²) in [5.41, 5.74) is 0.599. The van der Waals surface area contributed by atoms with Crippen LogP contribution in [0.25, 0.3) is 10.9 Å². The van der Waals surface area contributed by atoms with Crippen LogP contribution in [-0.4, -0.2) is 57.5 Å². The molecule has 27 heavy (non-hydrogen) atoms.